The predicted octanol–water partition coefficient (Wildman–Crippen LogP) is 2.09. The third kappa shape index (κ3) is 2.29. The first-order valence-corrected chi connectivity index (χ1v) is 6.43. The van der Waals surface area contributed by atoms with Crippen molar-refractivity contribution in [2.45, 2.75) is 20.4 Å². The summed E-state index contributed by atoms with van der Waals surface area (Å²) in [5.41, 5.74) is 2.29. The van der Waals surface area contributed by atoms with Gasteiger partial charge < -0.3 is 8.98 Å². The molecular formula is C15H13FN2O3. The third-order valence-electron chi connectivity index (χ3n) is 3.48. The van der Waals surface area contributed by atoms with Crippen molar-refractivity contribution in [2.24, 2.45) is 0 Å². The molecule has 0 spiro atoms. The number of benzene rings is 1. The molecule has 2 aromatic heterocycles. The lowest BCUT2D eigenvalue weighted by Gasteiger charge is -2.10. The maximum Gasteiger partial charge on any atom is 0.417 e. The molecule has 0 aliphatic rings. The Balaban J connectivity index is 2.17. The summed E-state index contributed by atoms with van der Waals surface area (Å²) in [6, 6.07) is 4.45. The van der Waals surface area contributed by atoms with Gasteiger partial charge in [0.25, 0.3) is 5.56 Å². The highest BCUT2D eigenvalue weighted by Gasteiger charge is 2.12. The van der Waals surface area contributed by atoms with Crippen LogP contribution in [0.15, 0.2) is 38.4 Å². The fraction of sp³-hybridized carbons (Fsp3) is 0.200. The molecule has 5 nitrogen and oxygen atoms in total. The smallest absolute Gasteiger partial charge is 0.407 e. The fourth-order valence-electron chi connectivity index (χ4n) is 2.36. The Kier molecular flexibility index (Phi) is 3.01. The Hall–Kier alpha value is -2.63. The Bertz CT molecular complexity index is 950. The molecule has 0 unspecified atom stereocenters. The minimum atomic E-state index is -0.662. The third-order valence-corrected chi connectivity index (χ3v) is 3.48. The summed E-state index contributed by atoms with van der Waals surface area (Å²) in [5, 5.41) is 0. The molecule has 0 fully saturated rings. The van der Waals surface area contributed by atoms with Crippen LogP contribution in [0.2, 0.25) is 0 Å². The minimum Gasteiger partial charge on any atom is -0.407 e. The van der Waals surface area contributed by atoms with Gasteiger partial charge in [0.15, 0.2) is 11.1 Å². The average molecular weight is 288 g/mol. The Labute approximate surface area is 118 Å². The zero-order chi connectivity index (χ0) is 15.1. The molecule has 0 saturated carbocycles. The van der Waals surface area contributed by atoms with Gasteiger partial charge in [-0.1, -0.05) is 6.07 Å². The summed E-state index contributed by atoms with van der Waals surface area (Å²) < 4.78 is 19.7. The second-order valence-corrected chi connectivity index (χ2v) is 5.03. The van der Waals surface area contributed by atoms with Crippen LogP contribution in [0.4, 0.5) is 4.39 Å². The lowest BCUT2D eigenvalue weighted by molar-refractivity contribution is 0.552. The second-order valence-electron chi connectivity index (χ2n) is 5.03. The van der Waals surface area contributed by atoms with Crippen LogP contribution in [0.5, 0.6) is 0 Å². The number of aromatic amines is 1. The van der Waals surface area contributed by atoms with Gasteiger partial charge in [0.05, 0.1) is 6.54 Å². The van der Waals surface area contributed by atoms with E-state index in [1.807, 2.05) is 6.92 Å². The van der Waals surface area contributed by atoms with E-state index in [1.54, 1.807) is 19.2 Å². The van der Waals surface area contributed by atoms with Crippen molar-refractivity contribution in [1.82, 2.24) is 9.55 Å². The van der Waals surface area contributed by atoms with Gasteiger partial charge in [0, 0.05) is 11.8 Å². The van der Waals surface area contributed by atoms with E-state index in [-0.39, 0.29) is 29.0 Å². The first kappa shape index (κ1) is 13.4. The number of H-pyrrole nitrogens is 1. The van der Waals surface area contributed by atoms with Crippen molar-refractivity contribution < 1.29 is 8.81 Å². The zero-order valence-corrected chi connectivity index (χ0v) is 11.6. The first-order chi connectivity index (χ1) is 9.95. The zero-order valence-electron chi connectivity index (χ0n) is 11.6. The molecule has 108 valence electrons. The van der Waals surface area contributed by atoms with Crippen LogP contribution in [0.25, 0.3) is 11.1 Å². The van der Waals surface area contributed by atoms with E-state index in [9.17, 15) is 14.0 Å². The Morgan fingerprint density at radius 1 is 1.24 bits per heavy atom. The van der Waals surface area contributed by atoms with Crippen molar-refractivity contribution in [3.8, 4) is 0 Å². The topological polar surface area (TPSA) is 68.0 Å². The molecule has 21 heavy (non-hydrogen) atoms. The number of halogens is 1. The van der Waals surface area contributed by atoms with Crippen molar-refractivity contribution >= 4 is 11.1 Å². The number of pyridine rings is 1. The molecule has 2 heterocycles. The summed E-state index contributed by atoms with van der Waals surface area (Å²) in [4.78, 5) is 26.0. The number of aryl methyl sites for hydroxylation is 2. The molecule has 0 amide bonds. The molecule has 6 heteroatoms. The second kappa shape index (κ2) is 4.73. The van der Waals surface area contributed by atoms with Crippen molar-refractivity contribution in [2.75, 3.05) is 0 Å². The maximum atomic E-state index is 13.3. The average Bonchev–Trinajstić information content (AvgIpc) is 2.82. The maximum absolute atomic E-state index is 13.3. The van der Waals surface area contributed by atoms with E-state index in [1.165, 1.54) is 16.7 Å². The highest BCUT2D eigenvalue weighted by Crippen LogP contribution is 2.14. The molecular weight excluding hydrogens is 275 g/mol. The highest BCUT2D eigenvalue weighted by molar-refractivity contribution is 5.74. The number of aromatic nitrogens is 2. The van der Waals surface area contributed by atoms with Gasteiger partial charge in [-0.2, -0.15) is 0 Å². The molecule has 0 saturated heterocycles. The lowest BCUT2D eigenvalue weighted by atomic mass is 10.1. The van der Waals surface area contributed by atoms with Crippen molar-refractivity contribution in [3.05, 3.63) is 67.8 Å². The van der Waals surface area contributed by atoms with E-state index >= 15 is 0 Å². The largest absolute Gasteiger partial charge is 0.417 e. The van der Waals surface area contributed by atoms with Gasteiger partial charge in [0.2, 0.25) is 0 Å². The van der Waals surface area contributed by atoms with Crippen molar-refractivity contribution in [3.63, 3.8) is 0 Å². The number of nitrogens with zero attached hydrogens (tertiary/aromatic N) is 1. The van der Waals surface area contributed by atoms with Gasteiger partial charge >= 0.3 is 5.76 Å². The van der Waals surface area contributed by atoms with Crippen LogP contribution >= 0.6 is 0 Å². The van der Waals surface area contributed by atoms with Gasteiger partial charge in [-0.25, -0.2) is 9.18 Å². The highest BCUT2D eigenvalue weighted by atomic mass is 19.1. The summed E-state index contributed by atoms with van der Waals surface area (Å²) >= 11 is 0. The Morgan fingerprint density at radius 2 is 2.00 bits per heavy atom. The molecule has 3 aromatic rings. The summed E-state index contributed by atoms with van der Waals surface area (Å²) in [6.45, 7) is 3.82. The first-order valence-electron chi connectivity index (χ1n) is 6.43. The number of hydrogen-bond donors (Lipinski definition) is 1. The summed E-state index contributed by atoms with van der Waals surface area (Å²) in [7, 11) is 0. The number of rotatable bonds is 2. The molecule has 0 bridgehead atoms. The minimum absolute atomic E-state index is 0.133. The van der Waals surface area contributed by atoms with Crippen LogP contribution in [-0.2, 0) is 6.54 Å². The fourth-order valence-corrected chi connectivity index (χ4v) is 2.36. The predicted molar refractivity (Wildman–Crippen MR) is 76.1 cm³/mol. The molecule has 0 radical (unpaired) electrons. The van der Waals surface area contributed by atoms with Crippen LogP contribution < -0.4 is 11.3 Å². The summed E-state index contributed by atoms with van der Waals surface area (Å²) in [6.07, 6.45) is 1.60. The van der Waals surface area contributed by atoms with Crippen LogP contribution in [0.1, 0.15) is 16.7 Å². The number of oxazole rings is 1. The van der Waals surface area contributed by atoms with E-state index in [0.717, 1.165) is 5.56 Å². The van der Waals surface area contributed by atoms with Gasteiger partial charge in [0.1, 0.15) is 5.82 Å². The van der Waals surface area contributed by atoms with Crippen LogP contribution in [0, 0.1) is 19.7 Å². The SMILES string of the molecule is Cc1ccc(F)cc1Cn1cc(C)c2oc(=O)[nH]c2c1=O. The van der Waals surface area contributed by atoms with Gasteiger partial charge in [-0.3, -0.25) is 9.78 Å². The Morgan fingerprint density at radius 3 is 2.76 bits per heavy atom. The molecule has 0 aliphatic heterocycles. The normalized spacial score (nSPS) is 11.2. The van der Waals surface area contributed by atoms with E-state index in [2.05, 4.69) is 4.98 Å². The molecule has 3 rings (SSSR count). The molecule has 0 atom stereocenters. The standard InChI is InChI=1S/C15H13FN2O3/c1-8-3-4-11(16)5-10(8)7-18-6-9(2)13-12(14(18)19)17-15(20)21-13/h3-6H,7H2,1-2H3,(H,17,20). The van der Waals surface area contributed by atoms with E-state index in [0.29, 0.717) is 11.1 Å². The quantitative estimate of drug-likeness (QED) is 0.785. The summed E-state index contributed by atoms with van der Waals surface area (Å²) in [5.74, 6) is -1.01. The number of fused-ring (bicyclic) bond motifs is 1. The van der Waals surface area contributed by atoms with Crippen molar-refractivity contribution in [1.29, 1.82) is 0 Å². The molecule has 1 N–H and O–H groups in total. The van der Waals surface area contributed by atoms with Gasteiger partial charge in [-0.05, 0) is 37.1 Å². The van der Waals surface area contributed by atoms with Gasteiger partial charge in [-0.15, -0.1) is 0 Å². The number of nitrogens with one attached hydrogen (secondary N) is 1. The lowest BCUT2D eigenvalue weighted by Crippen LogP contribution is -2.21. The number of hydrogen-bond acceptors (Lipinski definition) is 3. The monoisotopic (exact) mass is 288 g/mol. The molecule has 1 aromatic carbocycles. The van der Waals surface area contributed by atoms with E-state index < -0.39 is 5.76 Å². The van der Waals surface area contributed by atoms with Crippen LogP contribution in [-0.4, -0.2) is 9.55 Å². The van der Waals surface area contributed by atoms with E-state index in [4.69, 9.17) is 4.42 Å². The van der Waals surface area contributed by atoms with Crippen LogP contribution in [0.3, 0.4) is 0 Å². The molecule has 0 aliphatic carbocycles.